The first kappa shape index (κ1) is 17.7. The number of aromatic nitrogens is 1. The number of carbonyl (C=O) groups is 2. The second-order valence-electron chi connectivity index (χ2n) is 6.90. The number of nitrogens with zero attached hydrogens (tertiary/aromatic N) is 2. The third-order valence-electron chi connectivity index (χ3n) is 3.31. The van der Waals surface area contributed by atoms with Crippen molar-refractivity contribution >= 4 is 11.8 Å². The second kappa shape index (κ2) is 6.86. The number of nitrogens with one attached hydrogen (secondary N) is 1. The molecule has 0 saturated carbocycles. The molecule has 24 heavy (non-hydrogen) atoms. The van der Waals surface area contributed by atoms with E-state index in [0.717, 1.165) is 11.1 Å². The lowest BCUT2D eigenvalue weighted by molar-refractivity contribution is -0.122. The normalized spacial score (nSPS) is 11.2. The fourth-order valence-corrected chi connectivity index (χ4v) is 2.17. The molecule has 0 aliphatic rings. The van der Waals surface area contributed by atoms with E-state index in [1.54, 1.807) is 13.1 Å². The maximum Gasteiger partial charge on any atom is 0.276 e. The van der Waals surface area contributed by atoms with Gasteiger partial charge in [0, 0.05) is 24.2 Å². The van der Waals surface area contributed by atoms with Crippen molar-refractivity contribution in [3.8, 4) is 11.3 Å². The SMILES string of the molecule is Cc1ccc(-c2cc(C(=O)N(C)CC(=O)NC(C)(C)C)no2)cc1. The Hall–Kier alpha value is -2.63. The number of rotatable bonds is 4. The molecule has 0 aliphatic heterocycles. The molecule has 1 aromatic heterocycles. The number of amides is 2. The molecule has 6 nitrogen and oxygen atoms in total. The summed E-state index contributed by atoms with van der Waals surface area (Å²) in [6, 6.07) is 9.32. The standard InChI is InChI=1S/C18H23N3O3/c1-12-6-8-13(9-7-12)15-10-14(20-24-15)17(23)21(5)11-16(22)19-18(2,3)4/h6-10H,11H2,1-5H3,(H,19,22). The van der Waals surface area contributed by atoms with Crippen molar-refractivity contribution in [2.24, 2.45) is 0 Å². The zero-order valence-electron chi connectivity index (χ0n) is 14.7. The molecule has 0 bridgehead atoms. The van der Waals surface area contributed by atoms with Gasteiger partial charge in [0.15, 0.2) is 11.5 Å². The molecule has 0 atom stereocenters. The number of hydrogen-bond acceptors (Lipinski definition) is 4. The zero-order chi connectivity index (χ0) is 17.9. The lowest BCUT2D eigenvalue weighted by Gasteiger charge is -2.23. The molecular formula is C18H23N3O3. The monoisotopic (exact) mass is 329 g/mol. The van der Waals surface area contributed by atoms with Crippen LogP contribution in [0.3, 0.4) is 0 Å². The Kier molecular flexibility index (Phi) is 5.07. The summed E-state index contributed by atoms with van der Waals surface area (Å²) >= 11 is 0. The van der Waals surface area contributed by atoms with Gasteiger partial charge in [-0.15, -0.1) is 0 Å². The molecule has 0 unspecified atom stereocenters. The fraction of sp³-hybridized carbons (Fsp3) is 0.389. The molecule has 2 aromatic rings. The van der Waals surface area contributed by atoms with Crippen LogP contribution in [-0.2, 0) is 4.79 Å². The predicted octanol–water partition coefficient (Wildman–Crippen LogP) is 2.64. The smallest absolute Gasteiger partial charge is 0.276 e. The van der Waals surface area contributed by atoms with Crippen LogP contribution in [0, 0.1) is 6.92 Å². The van der Waals surface area contributed by atoms with Crippen LogP contribution in [0.4, 0.5) is 0 Å². The highest BCUT2D eigenvalue weighted by Gasteiger charge is 2.21. The van der Waals surface area contributed by atoms with Crippen molar-refractivity contribution in [2.75, 3.05) is 13.6 Å². The summed E-state index contributed by atoms with van der Waals surface area (Å²) in [4.78, 5) is 25.6. The molecule has 0 radical (unpaired) electrons. The molecule has 0 spiro atoms. The van der Waals surface area contributed by atoms with Crippen LogP contribution in [0.25, 0.3) is 11.3 Å². The Morgan fingerprint density at radius 3 is 2.42 bits per heavy atom. The van der Waals surface area contributed by atoms with Gasteiger partial charge in [0.05, 0.1) is 6.54 Å². The van der Waals surface area contributed by atoms with Crippen LogP contribution in [0.15, 0.2) is 34.9 Å². The average molecular weight is 329 g/mol. The highest BCUT2D eigenvalue weighted by atomic mass is 16.5. The predicted molar refractivity (Wildman–Crippen MR) is 91.5 cm³/mol. The molecule has 1 aromatic carbocycles. The first-order valence-corrected chi connectivity index (χ1v) is 7.76. The Balaban J connectivity index is 2.05. The van der Waals surface area contributed by atoms with E-state index < -0.39 is 0 Å². The van der Waals surface area contributed by atoms with E-state index in [1.165, 1.54) is 4.90 Å². The summed E-state index contributed by atoms with van der Waals surface area (Å²) in [6.45, 7) is 7.62. The zero-order valence-corrected chi connectivity index (χ0v) is 14.7. The van der Waals surface area contributed by atoms with Crippen LogP contribution in [0.5, 0.6) is 0 Å². The fourth-order valence-electron chi connectivity index (χ4n) is 2.17. The van der Waals surface area contributed by atoms with Gasteiger partial charge in [0.1, 0.15) is 0 Å². The van der Waals surface area contributed by atoms with Gasteiger partial charge in [-0.25, -0.2) is 0 Å². The van der Waals surface area contributed by atoms with E-state index in [-0.39, 0.29) is 29.6 Å². The van der Waals surface area contributed by atoms with Gasteiger partial charge in [-0.2, -0.15) is 0 Å². The number of carbonyl (C=O) groups excluding carboxylic acids is 2. The van der Waals surface area contributed by atoms with Gasteiger partial charge in [-0.05, 0) is 27.7 Å². The van der Waals surface area contributed by atoms with Crippen LogP contribution in [0.2, 0.25) is 0 Å². The summed E-state index contributed by atoms with van der Waals surface area (Å²) in [6.07, 6.45) is 0. The van der Waals surface area contributed by atoms with Crippen molar-refractivity contribution in [2.45, 2.75) is 33.2 Å². The highest BCUT2D eigenvalue weighted by molar-refractivity contribution is 5.95. The summed E-state index contributed by atoms with van der Waals surface area (Å²) < 4.78 is 5.25. The molecule has 2 rings (SSSR count). The minimum Gasteiger partial charge on any atom is -0.355 e. The summed E-state index contributed by atoms with van der Waals surface area (Å²) in [7, 11) is 1.56. The van der Waals surface area contributed by atoms with Crippen LogP contribution in [0.1, 0.15) is 36.8 Å². The first-order valence-electron chi connectivity index (χ1n) is 7.76. The van der Waals surface area contributed by atoms with Gasteiger partial charge < -0.3 is 14.7 Å². The second-order valence-corrected chi connectivity index (χ2v) is 6.90. The summed E-state index contributed by atoms with van der Waals surface area (Å²) in [5.41, 5.74) is 1.82. The third-order valence-corrected chi connectivity index (χ3v) is 3.31. The highest BCUT2D eigenvalue weighted by Crippen LogP contribution is 2.21. The van der Waals surface area contributed by atoms with Crippen molar-refractivity contribution in [1.82, 2.24) is 15.4 Å². The first-order chi connectivity index (χ1) is 11.2. The van der Waals surface area contributed by atoms with Crippen LogP contribution >= 0.6 is 0 Å². The molecule has 128 valence electrons. The molecule has 6 heteroatoms. The van der Waals surface area contributed by atoms with E-state index in [2.05, 4.69) is 10.5 Å². The number of hydrogen-bond donors (Lipinski definition) is 1. The van der Waals surface area contributed by atoms with E-state index in [1.807, 2.05) is 52.0 Å². The molecule has 1 heterocycles. The van der Waals surface area contributed by atoms with Gasteiger partial charge in [0.25, 0.3) is 5.91 Å². The van der Waals surface area contributed by atoms with E-state index >= 15 is 0 Å². The van der Waals surface area contributed by atoms with E-state index in [0.29, 0.717) is 5.76 Å². The van der Waals surface area contributed by atoms with Gasteiger partial charge >= 0.3 is 0 Å². The number of likely N-dealkylation sites (N-methyl/N-ethyl adjacent to an activating group) is 1. The average Bonchev–Trinajstić information content (AvgIpc) is 2.94. The van der Waals surface area contributed by atoms with Crippen LogP contribution < -0.4 is 5.32 Å². The van der Waals surface area contributed by atoms with E-state index in [9.17, 15) is 9.59 Å². The number of benzene rings is 1. The van der Waals surface area contributed by atoms with Crippen LogP contribution in [-0.4, -0.2) is 41.0 Å². The Morgan fingerprint density at radius 2 is 1.83 bits per heavy atom. The summed E-state index contributed by atoms with van der Waals surface area (Å²) in [5.74, 6) is -0.0623. The van der Waals surface area contributed by atoms with Gasteiger partial charge in [-0.1, -0.05) is 35.0 Å². The maximum absolute atomic E-state index is 12.4. The maximum atomic E-state index is 12.4. The molecule has 1 N–H and O–H groups in total. The Labute approximate surface area is 141 Å². The van der Waals surface area contributed by atoms with Crippen molar-refractivity contribution in [3.05, 3.63) is 41.6 Å². The van der Waals surface area contributed by atoms with Gasteiger partial charge in [0.2, 0.25) is 5.91 Å². The molecular weight excluding hydrogens is 306 g/mol. The van der Waals surface area contributed by atoms with Crippen molar-refractivity contribution in [3.63, 3.8) is 0 Å². The lowest BCUT2D eigenvalue weighted by atomic mass is 10.1. The largest absolute Gasteiger partial charge is 0.355 e. The minimum atomic E-state index is -0.360. The Bertz CT molecular complexity index is 727. The molecule has 0 fully saturated rings. The third kappa shape index (κ3) is 4.68. The lowest BCUT2D eigenvalue weighted by Crippen LogP contribution is -2.46. The molecule has 2 amide bonds. The molecule has 0 aliphatic carbocycles. The minimum absolute atomic E-state index is 0.0389. The Morgan fingerprint density at radius 1 is 1.21 bits per heavy atom. The van der Waals surface area contributed by atoms with E-state index in [4.69, 9.17) is 4.52 Å². The van der Waals surface area contributed by atoms with Crippen molar-refractivity contribution in [1.29, 1.82) is 0 Å². The number of aryl methyl sites for hydroxylation is 1. The topological polar surface area (TPSA) is 75.4 Å². The van der Waals surface area contributed by atoms with Crippen molar-refractivity contribution < 1.29 is 14.1 Å². The molecule has 0 saturated heterocycles. The van der Waals surface area contributed by atoms with Gasteiger partial charge in [-0.3, -0.25) is 9.59 Å². The summed E-state index contributed by atoms with van der Waals surface area (Å²) in [5, 5.41) is 6.64. The quantitative estimate of drug-likeness (QED) is 0.935.